The first-order valence-corrected chi connectivity index (χ1v) is 12.4. The van der Waals surface area contributed by atoms with Gasteiger partial charge in [-0.3, -0.25) is 4.79 Å². The van der Waals surface area contributed by atoms with Crippen molar-refractivity contribution in [3.8, 4) is 16.9 Å². The smallest absolute Gasteiger partial charge is 0.341 e. The molecule has 1 heterocycles. The van der Waals surface area contributed by atoms with E-state index in [1.54, 1.807) is 25.1 Å². The number of benzene rings is 2. The van der Waals surface area contributed by atoms with Gasteiger partial charge in [-0.25, -0.2) is 4.79 Å². The molecule has 178 valence electrons. The minimum absolute atomic E-state index is 0.232. The van der Waals surface area contributed by atoms with E-state index in [9.17, 15) is 9.59 Å². The van der Waals surface area contributed by atoms with Crippen molar-refractivity contribution in [3.63, 3.8) is 0 Å². The summed E-state index contributed by atoms with van der Waals surface area (Å²) >= 11 is 7.37. The Morgan fingerprint density at radius 3 is 2.53 bits per heavy atom. The molecule has 3 aromatic rings. The van der Waals surface area contributed by atoms with Crippen LogP contribution in [0.1, 0.15) is 47.5 Å². The summed E-state index contributed by atoms with van der Waals surface area (Å²) < 4.78 is 11.1. The number of anilines is 1. The van der Waals surface area contributed by atoms with Crippen LogP contribution in [0, 0.1) is 6.92 Å². The lowest BCUT2D eigenvalue weighted by Gasteiger charge is -2.09. The Morgan fingerprint density at radius 2 is 1.82 bits per heavy atom. The number of para-hydroxylation sites is 1. The predicted molar refractivity (Wildman–Crippen MR) is 140 cm³/mol. The highest BCUT2D eigenvalue weighted by Gasteiger charge is 2.25. The molecule has 2 aromatic carbocycles. The average Bonchev–Trinajstić information content (AvgIpc) is 3.14. The van der Waals surface area contributed by atoms with Crippen LogP contribution in [0.3, 0.4) is 0 Å². The molecular formula is C27H28ClNO4S. The van der Waals surface area contributed by atoms with Gasteiger partial charge in [-0.05, 0) is 50.1 Å². The predicted octanol–water partition coefficient (Wildman–Crippen LogP) is 7.38. The molecule has 0 aliphatic carbocycles. The van der Waals surface area contributed by atoms with Gasteiger partial charge in [0.15, 0.2) is 0 Å². The van der Waals surface area contributed by atoms with Crippen LogP contribution in [0.5, 0.6) is 5.75 Å². The molecule has 3 rings (SSSR count). The van der Waals surface area contributed by atoms with Crippen LogP contribution in [0.15, 0.2) is 54.6 Å². The normalized spacial score (nSPS) is 10.9. The Morgan fingerprint density at radius 1 is 1.09 bits per heavy atom. The summed E-state index contributed by atoms with van der Waals surface area (Å²) in [6.45, 7) is 6.62. The quantitative estimate of drug-likeness (QED) is 0.180. The van der Waals surface area contributed by atoms with Crippen LogP contribution >= 0.6 is 22.9 Å². The summed E-state index contributed by atoms with van der Waals surface area (Å²) in [5.74, 6) is -0.104. The van der Waals surface area contributed by atoms with E-state index < -0.39 is 5.97 Å². The van der Waals surface area contributed by atoms with Crippen molar-refractivity contribution in [2.75, 3.05) is 18.5 Å². The number of carbonyl (C=O) groups excluding carboxylic acids is 2. The highest BCUT2D eigenvalue weighted by atomic mass is 35.5. The second-order valence-corrected chi connectivity index (χ2v) is 9.19. The zero-order valence-electron chi connectivity index (χ0n) is 19.5. The summed E-state index contributed by atoms with van der Waals surface area (Å²) in [6, 6.07) is 14.8. The maximum atomic E-state index is 12.8. The van der Waals surface area contributed by atoms with Crippen LogP contribution in [0.2, 0.25) is 5.02 Å². The van der Waals surface area contributed by atoms with Crippen LogP contribution in [0.25, 0.3) is 17.2 Å². The van der Waals surface area contributed by atoms with Crippen molar-refractivity contribution in [2.45, 2.75) is 33.6 Å². The van der Waals surface area contributed by atoms with E-state index in [1.807, 2.05) is 43.3 Å². The van der Waals surface area contributed by atoms with Gasteiger partial charge in [-0.1, -0.05) is 55.3 Å². The topological polar surface area (TPSA) is 64.6 Å². The molecule has 0 atom stereocenters. The van der Waals surface area contributed by atoms with Gasteiger partial charge in [-0.15, -0.1) is 11.3 Å². The van der Waals surface area contributed by atoms with Gasteiger partial charge in [0.1, 0.15) is 16.3 Å². The molecule has 1 amide bonds. The molecule has 0 bridgehead atoms. The molecule has 0 unspecified atom stereocenters. The fourth-order valence-electron chi connectivity index (χ4n) is 3.39. The maximum absolute atomic E-state index is 12.8. The molecule has 1 aromatic heterocycles. The Bertz CT molecular complexity index is 1170. The molecular weight excluding hydrogens is 470 g/mol. The molecule has 7 heteroatoms. The van der Waals surface area contributed by atoms with Crippen LogP contribution in [-0.2, 0) is 9.53 Å². The highest BCUT2D eigenvalue weighted by molar-refractivity contribution is 7.17. The van der Waals surface area contributed by atoms with E-state index in [4.69, 9.17) is 21.1 Å². The van der Waals surface area contributed by atoms with E-state index in [-0.39, 0.29) is 12.5 Å². The molecule has 1 N–H and O–H groups in total. The van der Waals surface area contributed by atoms with E-state index in [0.29, 0.717) is 22.2 Å². The third-order valence-corrected chi connectivity index (χ3v) is 6.29. The number of unbranched alkanes of at least 4 members (excludes halogenated alkanes) is 1. The van der Waals surface area contributed by atoms with Gasteiger partial charge < -0.3 is 14.8 Å². The van der Waals surface area contributed by atoms with Gasteiger partial charge >= 0.3 is 5.97 Å². The molecule has 0 fully saturated rings. The summed E-state index contributed by atoms with van der Waals surface area (Å²) in [5.41, 5.74) is 2.71. The number of aryl methyl sites for hydroxylation is 1. The molecule has 0 spiro atoms. The second kappa shape index (κ2) is 12.4. The van der Waals surface area contributed by atoms with Gasteiger partial charge in [0.2, 0.25) is 5.91 Å². The molecule has 34 heavy (non-hydrogen) atoms. The van der Waals surface area contributed by atoms with Gasteiger partial charge in [-0.2, -0.15) is 0 Å². The molecule has 0 saturated heterocycles. The van der Waals surface area contributed by atoms with E-state index in [2.05, 4.69) is 12.2 Å². The molecule has 0 aliphatic rings. The van der Waals surface area contributed by atoms with Gasteiger partial charge in [0.25, 0.3) is 0 Å². The number of carbonyl (C=O) groups is 2. The molecule has 0 radical (unpaired) electrons. The molecule has 0 saturated carbocycles. The average molecular weight is 498 g/mol. The molecule has 0 aliphatic heterocycles. The van der Waals surface area contributed by atoms with Crippen molar-refractivity contribution in [1.29, 1.82) is 0 Å². The van der Waals surface area contributed by atoms with Gasteiger partial charge in [0.05, 0.1) is 13.2 Å². The Labute approximate surface area is 209 Å². The molecule has 5 nitrogen and oxygen atoms in total. The summed E-state index contributed by atoms with van der Waals surface area (Å²) in [6.07, 6.45) is 5.15. The summed E-state index contributed by atoms with van der Waals surface area (Å²) in [4.78, 5) is 26.5. The fourth-order valence-corrected chi connectivity index (χ4v) is 4.58. The number of halogens is 1. The fraction of sp³-hybridized carbons (Fsp3) is 0.259. The van der Waals surface area contributed by atoms with Crippen molar-refractivity contribution < 1.29 is 19.1 Å². The van der Waals surface area contributed by atoms with E-state index in [1.165, 1.54) is 17.4 Å². The lowest BCUT2D eigenvalue weighted by molar-refractivity contribution is -0.111. The Balaban J connectivity index is 1.87. The lowest BCUT2D eigenvalue weighted by Crippen LogP contribution is -2.12. The Kier molecular flexibility index (Phi) is 9.31. The highest BCUT2D eigenvalue weighted by Crippen LogP contribution is 2.40. The monoisotopic (exact) mass is 497 g/mol. The zero-order chi connectivity index (χ0) is 24.5. The lowest BCUT2D eigenvalue weighted by atomic mass is 10.0. The minimum atomic E-state index is -0.481. The summed E-state index contributed by atoms with van der Waals surface area (Å²) in [7, 11) is 0. The number of amides is 1. The third kappa shape index (κ3) is 6.49. The first kappa shape index (κ1) is 25.5. The second-order valence-electron chi connectivity index (χ2n) is 7.53. The van der Waals surface area contributed by atoms with Crippen molar-refractivity contribution >= 4 is 45.9 Å². The van der Waals surface area contributed by atoms with Crippen LogP contribution in [0.4, 0.5) is 5.00 Å². The largest absolute Gasteiger partial charge is 0.493 e. The van der Waals surface area contributed by atoms with Gasteiger partial charge in [0, 0.05) is 27.1 Å². The van der Waals surface area contributed by atoms with E-state index in [0.717, 1.165) is 40.2 Å². The van der Waals surface area contributed by atoms with Crippen molar-refractivity contribution in [3.05, 3.63) is 75.6 Å². The minimum Gasteiger partial charge on any atom is -0.493 e. The van der Waals surface area contributed by atoms with E-state index >= 15 is 0 Å². The first-order chi connectivity index (χ1) is 16.4. The third-order valence-electron chi connectivity index (χ3n) is 5.02. The number of rotatable bonds is 10. The van der Waals surface area contributed by atoms with Crippen LogP contribution < -0.4 is 10.1 Å². The number of esters is 1. The van der Waals surface area contributed by atoms with Crippen LogP contribution in [-0.4, -0.2) is 25.1 Å². The van der Waals surface area contributed by atoms with Crippen molar-refractivity contribution in [1.82, 2.24) is 0 Å². The number of nitrogens with one attached hydrogen (secondary N) is 1. The number of ether oxygens (including phenoxy) is 2. The zero-order valence-corrected chi connectivity index (χ0v) is 21.1. The number of hydrogen-bond acceptors (Lipinski definition) is 5. The number of thiophene rings is 1. The first-order valence-electron chi connectivity index (χ1n) is 11.2. The van der Waals surface area contributed by atoms with Crippen molar-refractivity contribution in [2.24, 2.45) is 0 Å². The number of hydrogen-bond donors (Lipinski definition) is 1. The maximum Gasteiger partial charge on any atom is 0.341 e. The standard InChI is InChI=1S/C27H28ClNO4S/c1-4-6-17-33-22-10-8-7-9-19(22)13-16-23(30)29-26-25(27(31)32-5-2)24(18(3)34-26)20-11-14-21(28)15-12-20/h7-16H,4-6,17H2,1-3H3,(H,29,30)/b16-13+. The Hall–Kier alpha value is -3.09. The SMILES string of the molecule is CCCCOc1ccccc1/C=C/C(=O)Nc1sc(C)c(-c2ccc(Cl)cc2)c1C(=O)OCC. The summed E-state index contributed by atoms with van der Waals surface area (Å²) in [5, 5.41) is 3.91.